The summed E-state index contributed by atoms with van der Waals surface area (Å²) in [5.41, 5.74) is 5.02. The summed E-state index contributed by atoms with van der Waals surface area (Å²) in [6.07, 6.45) is 2.30. The van der Waals surface area contributed by atoms with Crippen molar-refractivity contribution in [1.29, 1.82) is 0 Å². The van der Waals surface area contributed by atoms with Crippen LogP contribution in [0.2, 0.25) is 0 Å². The molecule has 2 aromatic carbocycles. The second kappa shape index (κ2) is 8.00. The van der Waals surface area contributed by atoms with Crippen LogP contribution in [-0.4, -0.2) is 7.05 Å². The lowest BCUT2D eigenvalue weighted by Crippen LogP contribution is -2.18. The van der Waals surface area contributed by atoms with Crippen LogP contribution >= 0.6 is 0 Å². The van der Waals surface area contributed by atoms with E-state index in [-0.39, 0.29) is 0 Å². The lowest BCUT2D eigenvalue weighted by atomic mass is 9.97. The third-order valence-electron chi connectivity index (χ3n) is 4.08. The highest BCUT2D eigenvalue weighted by molar-refractivity contribution is 5.37. The smallest absolute Gasteiger partial charge is 0.122 e. The normalized spacial score (nSPS) is 12.2. The number of rotatable bonds is 7. The van der Waals surface area contributed by atoms with Crippen molar-refractivity contribution in [2.45, 2.75) is 46.3 Å². The van der Waals surface area contributed by atoms with Crippen molar-refractivity contribution in [3.63, 3.8) is 0 Å². The molecule has 2 aromatic rings. The van der Waals surface area contributed by atoms with Crippen molar-refractivity contribution in [3.8, 4) is 5.75 Å². The van der Waals surface area contributed by atoms with Gasteiger partial charge in [-0.25, -0.2) is 0 Å². The summed E-state index contributed by atoms with van der Waals surface area (Å²) in [5, 5.41) is 3.42. The molecule has 0 aromatic heterocycles. The number of hydrogen-bond donors (Lipinski definition) is 1. The number of benzene rings is 2. The molecule has 0 aliphatic rings. The molecular weight excluding hydrogens is 270 g/mol. The van der Waals surface area contributed by atoms with Crippen LogP contribution < -0.4 is 10.1 Å². The SMILES string of the molecule is CCCC(NC)c1ccccc1COc1cc(C)ccc1C. The summed E-state index contributed by atoms with van der Waals surface area (Å²) in [5.74, 6) is 0.978. The Kier molecular flexibility index (Phi) is 6.02. The van der Waals surface area contributed by atoms with Crippen LogP contribution in [0.15, 0.2) is 42.5 Å². The summed E-state index contributed by atoms with van der Waals surface area (Å²) in [4.78, 5) is 0. The Labute approximate surface area is 134 Å². The molecule has 0 saturated carbocycles. The molecule has 1 unspecified atom stereocenters. The van der Waals surface area contributed by atoms with Crippen molar-refractivity contribution in [2.24, 2.45) is 0 Å². The molecule has 0 aliphatic carbocycles. The maximum absolute atomic E-state index is 6.09. The fraction of sp³-hybridized carbons (Fsp3) is 0.400. The number of ether oxygens (including phenoxy) is 1. The van der Waals surface area contributed by atoms with Crippen molar-refractivity contribution in [1.82, 2.24) is 5.32 Å². The van der Waals surface area contributed by atoms with Gasteiger partial charge in [0, 0.05) is 6.04 Å². The zero-order valence-corrected chi connectivity index (χ0v) is 14.1. The first-order valence-corrected chi connectivity index (χ1v) is 8.10. The predicted octanol–water partition coefficient (Wildman–Crippen LogP) is 4.94. The van der Waals surface area contributed by atoms with E-state index in [1.54, 1.807) is 0 Å². The molecule has 0 spiro atoms. The maximum Gasteiger partial charge on any atom is 0.122 e. The maximum atomic E-state index is 6.09. The Hall–Kier alpha value is -1.80. The molecule has 0 fully saturated rings. The van der Waals surface area contributed by atoms with Crippen LogP contribution in [0.5, 0.6) is 5.75 Å². The first-order valence-electron chi connectivity index (χ1n) is 8.10. The van der Waals surface area contributed by atoms with E-state index in [2.05, 4.69) is 68.6 Å². The second-order valence-corrected chi connectivity index (χ2v) is 5.89. The quantitative estimate of drug-likeness (QED) is 0.781. The van der Waals surface area contributed by atoms with Gasteiger partial charge in [0.05, 0.1) is 0 Å². The number of hydrogen-bond acceptors (Lipinski definition) is 2. The third kappa shape index (κ3) is 4.11. The lowest BCUT2D eigenvalue weighted by Gasteiger charge is -2.20. The highest BCUT2D eigenvalue weighted by Gasteiger charge is 2.13. The highest BCUT2D eigenvalue weighted by Crippen LogP contribution is 2.25. The largest absolute Gasteiger partial charge is 0.489 e. The van der Waals surface area contributed by atoms with Crippen LogP contribution in [0.1, 0.15) is 48.1 Å². The van der Waals surface area contributed by atoms with Crippen molar-refractivity contribution in [2.75, 3.05) is 7.05 Å². The van der Waals surface area contributed by atoms with E-state index in [1.807, 2.05) is 7.05 Å². The van der Waals surface area contributed by atoms with E-state index in [0.717, 1.165) is 18.6 Å². The van der Waals surface area contributed by atoms with Gasteiger partial charge in [0.1, 0.15) is 12.4 Å². The van der Waals surface area contributed by atoms with E-state index < -0.39 is 0 Å². The summed E-state index contributed by atoms with van der Waals surface area (Å²) >= 11 is 0. The minimum absolute atomic E-state index is 0.392. The fourth-order valence-electron chi connectivity index (χ4n) is 2.77. The van der Waals surface area contributed by atoms with E-state index in [4.69, 9.17) is 4.74 Å². The van der Waals surface area contributed by atoms with Gasteiger partial charge in [0.25, 0.3) is 0 Å². The molecule has 118 valence electrons. The van der Waals surface area contributed by atoms with Crippen LogP contribution in [0.3, 0.4) is 0 Å². The molecule has 2 rings (SSSR count). The van der Waals surface area contributed by atoms with Gasteiger partial charge < -0.3 is 10.1 Å². The number of nitrogens with one attached hydrogen (secondary N) is 1. The average Bonchev–Trinajstić information content (AvgIpc) is 2.54. The van der Waals surface area contributed by atoms with Gasteiger partial charge in [-0.05, 0) is 55.6 Å². The molecular formula is C20H27NO. The molecule has 0 aliphatic heterocycles. The monoisotopic (exact) mass is 297 g/mol. The molecule has 2 nitrogen and oxygen atoms in total. The van der Waals surface area contributed by atoms with E-state index in [1.165, 1.54) is 22.3 Å². The topological polar surface area (TPSA) is 21.3 Å². The van der Waals surface area contributed by atoms with Gasteiger partial charge in [-0.2, -0.15) is 0 Å². The molecule has 0 saturated heterocycles. The Morgan fingerprint density at radius 3 is 2.59 bits per heavy atom. The van der Waals surface area contributed by atoms with Crippen molar-refractivity contribution in [3.05, 3.63) is 64.7 Å². The molecule has 0 amide bonds. The van der Waals surface area contributed by atoms with E-state index in [0.29, 0.717) is 12.6 Å². The lowest BCUT2D eigenvalue weighted by molar-refractivity contribution is 0.301. The zero-order chi connectivity index (χ0) is 15.9. The van der Waals surface area contributed by atoms with Crippen LogP contribution in [-0.2, 0) is 6.61 Å². The molecule has 22 heavy (non-hydrogen) atoms. The van der Waals surface area contributed by atoms with Gasteiger partial charge in [-0.3, -0.25) is 0 Å². The minimum Gasteiger partial charge on any atom is -0.489 e. The van der Waals surface area contributed by atoms with Gasteiger partial charge in [0.2, 0.25) is 0 Å². The number of aryl methyl sites for hydroxylation is 2. The zero-order valence-electron chi connectivity index (χ0n) is 14.1. The fourth-order valence-corrected chi connectivity index (χ4v) is 2.77. The van der Waals surface area contributed by atoms with Gasteiger partial charge in [0.15, 0.2) is 0 Å². The van der Waals surface area contributed by atoms with Gasteiger partial charge in [-0.1, -0.05) is 49.7 Å². The summed E-state index contributed by atoms with van der Waals surface area (Å²) < 4.78 is 6.09. The molecule has 0 heterocycles. The van der Waals surface area contributed by atoms with Crippen molar-refractivity contribution < 1.29 is 4.74 Å². The Balaban J connectivity index is 2.17. The van der Waals surface area contributed by atoms with Crippen molar-refractivity contribution >= 4 is 0 Å². The second-order valence-electron chi connectivity index (χ2n) is 5.89. The molecule has 2 heteroatoms. The third-order valence-corrected chi connectivity index (χ3v) is 4.08. The Morgan fingerprint density at radius 1 is 1.09 bits per heavy atom. The van der Waals surface area contributed by atoms with E-state index in [9.17, 15) is 0 Å². The summed E-state index contributed by atoms with van der Waals surface area (Å²) in [6.45, 7) is 7.02. The van der Waals surface area contributed by atoms with Crippen LogP contribution in [0, 0.1) is 13.8 Å². The Morgan fingerprint density at radius 2 is 1.86 bits per heavy atom. The predicted molar refractivity (Wildman–Crippen MR) is 93.4 cm³/mol. The van der Waals surface area contributed by atoms with Crippen LogP contribution in [0.4, 0.5) is 0 Å². The molecule has 1 N–H and O–H groups in total. The first-order chi connectivity index (χ1) is 10.7. The molecule has 0 bridgehead atoms. The van der Waals surface area contributed by atoms with Crippen LogP contribution in [0.25, 0.3) is 0 Å². The molecule has 1 atom stereocenters. The molecule has 0 radical (unpaired) electrons. The highest BCUT2D eigenvalue weighted by atomic mass is 16.5. The minimum atomic E-state index is 0.392. The standard InChI is InChI=1S/C20H27NO/c1-5-8-19(21-4)18-10-7-6-9-17(18)14-22-20-13-15(2)11-12-16(20)3/h6-7,9-13,19,21H,5,8,14H2,1-4H3. The Bertz CT molecular complexity index is 606. The van der Waals surface area contributed by atoms with E-state index >= 15 is 0 Å². The van der Waals surface area contributed by atoms with Gasteiger partial charge in [-0.15, -0.1) is 0 Å². The van der Waals surface area contributed by atoms with Gasteiger partial charge >= 0.3 is 0 Å². The first kappa shape index (κ1) is 16.6. The average molecular weight is 297 g/mol. The summed E-state index contributed by atoms with van der Waals surface area (Å²) in [7, 11) is 2.03. The summed E-state index contributed by atoms with van der Waals surface area (Å²) in [6, 6.07) is 15.3.